The molecule has 20 heavy (non-hydrogen) atoms. The van der Waals surface area contributed by atoms with Crippen molar-refractivity contribution in [3.8, 4) is 5.75 Å². The lowest BCUT2D eigenvalue weighted by Gasteiger charge is -2.31. The predicted octanol–water partition coefficient (Wildman–Crippen LogP) is 3.67. The molecule has 0 atom stereocenters. The summed E-state index contributed by atoms with van der Waals surface area (Å²) in [4.78, 5) is 14.1. The van der Waals surface area contributed by atoms with E-state index in [1.165, 1.54) is 5.56 Å². The zero-order valence-electron chi connectivity index (χ0n) is 11.9. The van der Waals surface area contributed by atoms with Gasteiger partial charge in [-0.25, -0.2) is 0 Å². The standard InChI is InChI=1S/C17H17NO2/c1-11-8-12(2)17(13(3)9-11)18-14-6-4-5-7-15(14)20-10-16(18)19/h4-9H,10H2,1-3H3. The summed E-state index contributed by atoms with van der Waals surface area (Å²) in [5, 5.41) is 0. The molecule has 0 radical (unpaired) electrons. The van der Waals surface area contributed by atoms with Crippen molar-refractivity contribution in [1.29, 1.82) is 0 Å². The molecule has 0 aromatic heterocycles. The van der Waals surface area contributed by atoms with Gasteiger partial charge in [0.15, 0.2) is 6.61 Å². The summed E-state index contributed by atoms with van der Waals surface area (Å²) in [6.07, 6.45) is 0. The molecule has 0 N–H and O–H groups in total. The summed E-state index contributed by atoms with van der Waals surface area (Å²) in [7, 11) is 0. The predicted molar refractivity (Wildman–Crippen MR) is 79.7 cm³/mol. The lowest BCUT2D eigenvalue weighted by molar-refractivity contribution is -0.120. The van der Waals surface area contributed by atoms with Crippen LogP contribution in [-0.4, -0.2) is 12.5 Å². The summed E-state index contributed by atoms with van der Waals surface area (Å²) in [5.74, 6) is 0.727. The first-order valence-corrected chi connectivity index (χ1v) is 6.70. The van der Waals surface area contributed by atoms with E-state index in [1.54, 1.807) is 4.90 Å². The Bertz CT molecular complexity index is 668. The zero-order valence-corrected chi connectivity index (χ0v) is 11.9. The molecule has 2 aromatic carbocycles. The maximum atomic E-state index is 12.3. The lowest BCUT2D eigenvalue weighted by Crippen LogP contribution is -2.35. The van der Waals surface area contributed by atoms with Gasteiger partial charge in [0, 0.05) is 0 Å². The van der Waals surface area contributed by atoms with Gasteiger partial charge in [-0.2, -0.15) is 0 Å². The highest BCUT2D eigenvalue weighted by Crippen LogP contribution is 2.39. The quantitative estimate of drug-likeness (QED) is 0.789. The van der Waals surface area contributed by atoms with E-state index >= 15 is 0 Å². The SMILES string of the molecule is Cc1cc(C)c(N2C(=O)COc3ccccc32)c(C)c1. The molecule has 3 rings (SSSR count). The smallest absolute Gasteiger partial charge is 0.269 e. The number of para-hydroxylation sites is 2. The van der Waals surface area contributed by atoms with Gasteiger partial charge in [-0.1, -0.05) is 29.8 Å². The minimum atomic E-state index is -0.0289. The molecule has 1 heterocycles. The molecule has 3 nitrogen and oxygen atoms in total. The van der Waals surface area contributed by atoms with E-state index in [1.807, 2.05) is 38.1 Å². The molecule has 0 unspecified atom stereocenters. The molecule has 2 aromatic rings. The van der Waals surface area contributed by atoms with Crippen LogP contribution in [0.3, 0.4) is 0 Å². The number of fused-ring (bicyclic) bond motifs is 1. The molecule has 0 saturated heterocycles. The first kappa shape index (κ1) is 12.7. The molecular formula is C17H17NO2. The van der Waals surface area contributed by atoms with Crippen LogP contribution in [-0.2, 0) is 4.79 Å². The number of aryl methyl sites for hydroxylation is 3. The molecule has 0 fully saturated rings. The molecule has 0 saturated carbocycles. The van der Waals surface area contributed by atoms with E-state index < -0.39 is 0 Å². The van der Waals surface area contributed by atoms with Crippen LogP contribution in [0.2, 0.25) is 0 Å². The molecule has 1 aliphatic heterocycles. The first-order chi connectivity index (χ1) is 9.58. The number of hydrogen-bond acceptors (Lipinski definition) is 2. The Labute approximate surface area is 118 Å². The maximum absolute atomic E-state index is 12.3. The van der Waals surface area contributed by atoms with Gasteiger partial charge < -0.3 is 4.74 Å². The Morgan fingerprint density at radius 2 is 1.70 bits per heavy atom. The number of nitrogens with zero attached hydrogens (tertiary/aromatic N) is 1. The molecule has 0 bridgehead atoms. The Morgan fingerprint density at radius 3 is 2.40 bits per heavy atom. The molecular weight excluding hydrogens is 250 g/mol. The number of amides is 1. The Hall–Kier alpha value is -2.29. The van der Waals surface area contributed by atoms with Crippen LogP contribution in [0.1, 0.15) is 16.7 Å². The average Bonchev–Trinajstić information content (AvgIpc) is 2.40. The lowest BCUT2D eigenvalue weighted by atomic mass is 10.0. The van der Waals surface area contributed by atoms with Gasteiger partial charge in [0.25, 0.3) is 5.91 Å². The van der Waals surface area contributed by atoms with Crippen molar-refractivity contribution in [3.63, 3.8) is 0 Å². The maximum Gasteiger partial charge on any atom is 0.269 e. The number of anilines is 2. The van der Waals surface area contributed by atoms with Crippen molar-refractivity contribution in [2.75, 3.05) is 11.5 Å². The number of carbonyl (C=O) groups is 1. The molecule has 0 aliphatic carbocycles. The van der Waals surface area contributed by atoms with Gasteiger partial charge in [0.05, 0.1) is 11.4 Å². The highest BCUT2D eigenvalue weighted by molar-refractivity contribution is 6.05. The Morgan fingerprint density at radius 1 is 1.05 bits per heavy atom. The summed E-state index contributed by atoms with van der Waals surface area (Å²) in [5.41, 5.74) is 5.20. The van der Waals surface area contributed by atoms with Crippen LogP contribution in [0.4, 0.5) is 11.4 Å². The van der Waals surface area contributed by atoms with Crippen LogP contribution in [0.5, 0.6) is 5.75 Å². The highest BCUT2D eigenvalue weighted by atomic mass is 16.5. The van der Waals surface area contributed by atoms with Crippen molar-refractivity contribution in [2.24, 2.45) is 0 Å². The van der Waals surface area contributed by atoms with Crippen LogP contribution in [0.25, 0.3) is 0 Å². The fourth-order valence-corrected chi connectivity index (χ4v) is 2.87. The highest BCUT2D eigenvalue weighted by Gasteiger charge is 2.28. The fraction of sp³-hybridized carbons (Fsp3) is 0.235. The molecule has 1 aliphatic rings. The van der Waals surface area contributed by atoms with E-state index in [-0.39, 0.29) is 12.5 Å². The van der Waals surface area contributed by atoms with Crippen molar-refractivity contribution in [3.05, 3.63) is 53.1 Å². The largest absolute Gasteiger partial charge is 0.482 e. The van der Waals surface area contributed by atoms with Crippen molar-refractivity contribution >= 4 is 17.3 Å². The van der Waals surface area contributed by atoms with E-state index in [2.05, 4.69) is 19.1 Å². The van der Waals surface area contributed by atoms with E-state index in [4.69, 9.17) is 4.74 Å². The van der Waals surface area contributed by atoms with Gasteiger partial charge in [-0.15, -0.1) is 0 Å². The zero-order chi connectivity index (χ0) is 14.3. The second kappa shape index (κ2) is 4.67. The average molecular weight is 267 g/mol. The number of benzene rings is 2. The normalized spacial score (nSPS) is 13.9. The number of rotatable bonds is 1. The van der Waals surface area contributed by atoms with Crippen LogP contribution >= 0.6 is 0 Å². The van der Waals surface area contributed by atoms with Crippen molar-refractivity contribution < 1.29 is 9.53 Å². The second-order valence-electron chi connectivity index (χ2n) is 5.23. The Balaban J connectivity index is 2.22. The van der Waals surface area contributed by atoms with Crippen LogP contribution in [0.15, 0.2) is 36.4 Å². The summed E-state index contributed by atoms with van der Waals surface area (Å²) < 4.78 is 5.50. The van der Waals surface area contributed by atoms with Crippen molar-refractivity contribution in [2.45, 2.75) is 20.8 Å². The van der Waals surface area contributed by atoms with E-state index in [0.717, 1.165) is 28.3 Å². The summed E-state index contributed by atoms with van der Waals surface area (Å²) >= 11 is 0. The minimum absolute atomic E-state index is 0.0289. The second-order valence-corrected chi connectivity index (χ2v) is 5.23. The van der Waals surface area contributed by atoms with Crippen LogP contribution < -0.4 is 9.64 Å². The van der Waals surface area contributed by atoms with Gasteiger partial charge in [0.2, 0.25) is 0 Å². The van der Waals surface area contributed by atoms with Gasteiger partial charge >= 0.3 is 0 Å². The molecule has 102 valence electrons. The van der Waals surface area contributed by atoms with Crippen molar-refractivity contribution in [1.82, 2.24) is 0 Å². The third kappa shape index (κ3) is 1.95. The molecule has 0 spiro atoms. The van der Waals surface area contributed by atoms with Gasteiger partial charge in [-0.05, 0) is 44.0 Å². The monoisotopic (exact) mass is 267 g/mol. The third-order valence-electron chi connectivity index (χ3n) is 3.57. The van der Waals surface area contributed by atoms with Gasteiger partial charge in [0.1, 0.15) is 5.75 Å². The van der Waals surface area contributed by atoms with E-state index in [0.29, 0.717) is 0 Å². The number of carbonyl (C=O) groups excluding carboxylic acids is 1. The minimum Gasteiger partial charge on any atom is -0.482 e. The summed E-state index contributed by atoms with van der Waals surface area (Å²) in [6.45, 7) is 6.24. The van der Waals surface area contributed by atoms with Crippen LogP contribution in [0, 0.1) is 20.8 Å². The number of hydrogen-bond donors (Lipinski definition) is 0. The summed E-state index contributed by atoms with van der Waals surface area (Å²) in [6, 6.07) is 11.9. The first-order valence-electron chi connectivity index (χ1n) is 6.70. The fourth-order valence-electron chi connectivity index (χ4n) is 2.87. The number of ether oxygens (including phenoxy) is 1. The Kier molecular flexibility index (Phi) is 2.97. The van der Waals surface area contributed by atoms with E-state index in [9.17, 15) is 4.79 Å². The third-order valence-corrected chi connectivity index (χ3v) is 3.57. The van der Waals surface area contributed by atoms with Gasteiger partial charge in [-0.3, -0.25) is 9.69 Å². The molecule has 1 amide bonds. The molecule has 3 heteroatoms. The topological polar surface area (TPSA) is 29.5 Å².